The zero-order valence-electron chi connectivity index (χ0n) is 16.4. The second-order valence-electron chi connectivity index (χ2n) is 7.66. The molecule has 1 aliphatic heterocycles. The predicted octanol–water partition coefficient (Wildman–Crippen LogP) is 5.39. The molecule has 0 radical (unpaired) electrons. The average Bonchev–Trinajstić information content (AvgIpc) is 2.58. The Hall–Kier alpha value is -2.00. The molecule has 0 fully saturated rings. The van der Waals surface area contributed by atoms with Gasteiger partial charge in [-0.2, -0.15) is 0 Å². The van der Waals surface area contributed by atoms with Crippen LogP contribution in [0.25, 0.3) is 11.1 Å². The van der Waals surface area contributed by atoms with E-state index in [9.17, 15) is 5.11 Å². The number of aryl methyl sites for hydroxylation is 2. The molecule has 0 amide bonds. The number of benzene rings is 2. The molecule has 3 nitrogen and oxygen atoms in total. The molecule has 140 valence electrons. The van der Waals surface area contributed by atoms with Gasteiger partial charge in [0, 0.05) is 5.56 Å². The van der Waals surface area contributed by atoms with Gasteiger partial charge in [0.25, 0.3) is 0 Å². The van der Waals surface area contributed by atoms with Gasteiger partial charge < -0.3 is 14.6 Å². The first-order valence-electron chi connectivity index (χ1n) is 9.67. The number of ether oxygens (including phenoxy) is 2. The van der Waals surface area contributed by atoms with Crippen molar-refractivity contribution < 1.29 is 14.6 Å². The molecule has 0 atom stereocenters. The zero-order valence-corrected chi connectivity index (χ0v) is 16.4. The van der Waals surface area contributed by atoms with Crippen LogP contribution in [-0.4, -0.2) is 18.3 Å². The number of fused-ring (bicyclic) bond motifs is 3. The molecule has 0 spiro atoms. The Kier molecular flexibility index (Phi) is 5.57. The van der Waals surface area contributed by atoms with E-state index in [1.54, 1.807) is 0 Å². The first kappa shape index (κ1) is 18.8. The minimum Gasteiger partial charge on any atom is -0.490 e. The first-order valence-corrected chi connectivity index (χ1v) is 9.67. The quantitative estimate of drug-likeness (QED) is 0.677. The van der Waals surface area contributed by atoms with Crippen LogP contribution in [0.4, 0.5) is 0 Å². The van der Waals surface area contributed by atoms with Gasteiger partial charge in [-0.1, -0.05) is 43.5 Å². The predicted molar refractivity (Wildman–Crippen MR) is 106 cm³/mol. The molecule has 2 aromatic rings. The molecule has 0 saturated heterocycles. The van der Waals surface area contributed by atoms with E-state index >= 15 is 0 Å². The molecule has 0 aliphatic carbocycles. The second-order valence-corrected chi connectivity index (χ2v) is 7.66. The van der Waals surface area contributed by atoms with E-state index in [1.807, 2.05) is 0 Å². The Balaban J connectivity index is 2.12. The van der Waals surface area contributed by atoms with Gasteiger partial charge in [0.1, 0.15) is 23.7 Å². The lowest BCUT2D eigenvalue weighted by molar-refractivity contribution is 0.104. The molecule has 26 heavy (non-hydrogen) atoms. The van der Waals surface area contributed by atoms with Crippen LogP contribution in [0, 0.1) is 6.92 Å². The van der Waals surface area contributed by atoms with Crippen LogP contribution in [0.1, 0.15) is 56.7 Å². The molecule has 0 unspecified atom stereocenters. The number of unbranched alkanes of at least 4 members (excludes halogenated alkanes) is 2. The van der Waals surface area contributed by atoms with Gasteiger partial charge in [-0.3, -0.25) is 0 Å². The van der Waals surface area contributed by atoms with Crippen LogP contribution in [0.15, 0.2) is 30.3 Å². The zero-order chi connectivity index (χ0) is 18.7. The van der Waals surface area contributed by atoms with Gasteiger partial charge in [-0.25, -0.2) is 0 Å². The Morgan fingerprint density at radius 3 is 2.65 bits per heavy atom. The summed E-state index contributed by atoms with van der Waals surface area (Å²) in [4.78, 5) is 0. The largest absolute Gasteiger partial charge is 0.490 e. The second kappa shape index (κ2) is 7.71. The molecule has 2 aromatic carbocycles. The van der Waals surface area contributed by atoms with E-state index in [2.05, 4.69) is 58.0 Å². The monoisotopic (exact) mass is 354 g/mol. The smallest absolute Gasteiger partial charge is 0.132 e. The van der Waals surface area contributed by atoms with E-state index in [-0.39, 0.29) is 18.8 Å². The number of aliphatic hydroxyl groups excluding tert-OH is 1. The SMILES string of the molecule is CCCCCc1cc(OCCO)c2c(c1)OC(C)(C)c1ccc(C)cc1-2. The molecular formula is C23H30O3. The van der Waals surface area contributed by atoms with Gasteiger partial charge >= 0.3 is 0 Å². The summed E-state index contributed by atoms with van der Waals surface area (Å²) >= 11 is 0. The van der Waals surface area contributed by atoms with Crippen molar-refractivity contribution in [2.75, 3.05) is 13.2 Å². The fourth-order valence-electron chi connectivity index (χ4n) is 3.70. The van der Waals surface area contributed by atoms with Gasteiger partial charge in [-0.05, 0) is 56.9 Å². The molecular weight excluding hydrogens is 324 g/mol. The minimum absolute atomic E-state index is 0.00185. The molecule has 3 rings (SSSR count). The van der Waals surface area contributed by atoms with Crippen molar-refractivity contribution in [1.82, 2.24) is 0 Å². The average molecular weight is 354 g/mol. The summed E-state index contributed by atoms with van der Waals surface area (Å²) in [6.45, 7) is 8.84. The van der Waals surface area contributed by atoms with Crippen LogP contribution < -0.4 is 9.47 Å². The maximum atomic E-state index is 9.24. The van der Waals surface area contributed by atoms with E-state index in [0.29, 0.717) is 0 Å². The van der Waals surface area contributed by atoms with Crippen molar-refractivity contribution in [2.24, 2.45) is 0 Å². The van der Waals surface area contributed by atoms with Gasteiger partial charge in [0.05, 0.1) is 12.2 Å². The third-order valence-electron chi connectivity index (χ3n) is 5.00. The lowest BCUT2D eigenvalue weighted by Gasteiger charge is -2.36. The molecule has 1 heterocycles. The van der Waals surface area contributed by atoms with Crippen molar-refractivity contribution in [2.45, 2.75) is 59.0 Å². The summed E-state index contributed by atoms with van der Waals surface area (Å²) in [7, 11) is 0. The summed E-state index contributed by atoms with van der Waals surface area (Å²) < 4.78 is 12.3. The minimum atomic E-state index is -0.383. The van der Waals surface area contributed by atoms with Crippen molar-refractivity contribution in [1.29, 1.82) is 0 Å². The number of aliphatic hydroxyl groups is 1. The van der Waals surface area contributed by atoms with Crippen LogP contribution in [0.3, 0.4) is 0 Å². The van der Waals surface area contributed by atoms with E-state index in [1.165, 1.54) is 35.1 Å². The first-order chi connectivity index (χ1) is 12.5. The van der Waals surface area contributed by atoms with Crippen LogP contribution in [0.5, 0.6) is 11.5 Å². The normalized spacial score (nSPS) is 14.3. The molecule has 1 aliphatic rings. The highest BCUT2D eigenvalue weighted by Gasteiger charge is 2.34. The summed E-state index contributed by atoms with van der Waals surface area (Å²) in [5.74, 6) is 1.69. The fraction of sp³-hybridized carbons (Fsp3) is 0.478. The van der Waals surface area contributed by atoms with E-state index in [4.69, 9.17) is 9.47 Å². The fourth-order valence-corrected chi connectivity index (χ4v) is 3.70. The summed E-state index contributed by atoms with van der Waals surface area (Å²) in [6, 6.07) is 10.8. The third-order valence-corrected chi connectivity index (χ3v) is 5.00. The van der Waals surface area contributed by atoms with Crippen LogP contribution >= 0.6 is 0 Å². The highest BCUT2D eigenvalue weighted by Crippen LogP contribution is 2.50. The number of hydrogen-bond acceptors (Lipinski definition) is 3. The number of rotatable bonds is 7. The van der Waals surface area contributed by atoms with Gasteiger partial charge in [0.2, 0.25) is 0 Å². The lowest BCUT2D eigenvalue weighted by atomic mass is 9.84. The molecule has 0 bridgehead atoms. The maximum Gasteiger partial charge on any atom is 0.132 e. The molecule has 0 aromatic heterocycles. The van der Waals surface area contributed by atoms with Crippen molar-refractivity contribution in [3.8, 4) is 22.6 Å². The highest BCUT2D eigenvalue weighted by atomic mass is 16.5. The lowest BCUT2D eigenvalue weighted by Crippen LogP contribution is -2.29. The summed E-state index contributed by atoms with van der Waals surface area (Å²) in [5, 5.41) is 9.24. The molecule has 0 saturated carbocycles. The summed E-state index contributed by atoms with van der Waals surface area (Å²) in [6.07, 6.45) is 4.60. The van der Waals surface area contributed by atoms with Gasteiger partial charge in [0.15, 0.2) is 0 Å². The van der Waals surface area contributed by atoms with Crippen LogP contribution in [-0.2, 0) is 12.0 Å². The van der Waals surface area contributed by atoms with Crippen LogP contribution in [0.2, 0.25) is 0 Å². The topological polar surface area (TPSA) is 38.7 Å². The maximum absolute atomic E-state index is 9.24. The standard InChI is InChI=1S/C23H30O3/c1-5-6-7-8-17-14-20(25-12-11-24)22-18-13-16(2)9-10-19(18)23(3,4)26-21(22)15-17/h9-10,13-15,24H,5-8,11-12H2,1-4H3. The Morgan fingerprint density at radius 1 is 1.12 bits per heavy atom. The van der Waals surface area contributed by atoms with Crippen molar-refractivity contribution in [3.63, 3.8) is 0 Å². The Bertz CT molecular complexity index is 777. The molecule has 3 heteroatoms. The highest BCUT2D eigenvalue weighted by molar-refractivity contribution is 5.82. The van der Waals surface area contributed by atoms with E-state index in [0.717, 1.165) is 29.9 Å². The van der Waals surface area contributed by atoms with E-state index < -0.39 is 0 Å². The Labute approximate surface area is 157 Å². The number of hydrogen-bond donors (Lipinski definition) is 1. The van der Waals surface area contributed by atoms with Gasteiger partial charge in [-0.15, -0.1) is 0 Å². The third kappa shape index (κ3) is 3.73. The Morgan fingerprint density at radius 2 is 1.92 bits per heavy atom. The van der Waals surface area contributed by atoms with Crippen molar-refractivity contribution in [3.05, 3.63) is 47.0 Å². The molecule has 1 N–H and O–H groups in total. The summed E-state index contributed by atoms with van der Waals surface area (Å²) in [5.41, 5.74) is 5.42. The van der Waals surface area contributed by atoms with Crippen molar-refractivity contribution >= 4 is 0 Å².